The summed E-state index contributed by atoms with van der Waals surface area (Å²) in [6, 6.07) is 8.85. The predicted molar refractivity (Wildman–Crippen MR) is 108 cm³/mol. The molecular formula is C21H30OSi2. The van der Waals surface area contributed by atoms with Crippen molar-refractivity contribution >= 4 is 16.1 Å². The number of para-hydroxylation sites is 1. The predicted octanol–water partition coefficient (Wildman–Crippen LogP) is 6.08. The van der Waals surface area contributed by atoms with Crippen LogP contribution in [0.3, 0.4) is 0 Å². The van der Waals surface area contributed by atoms with Crippen LogP contribution in [0.5, 0.6) is 5.75 Å². The maximum Gasteiger partial charge on any atom is 0.141 e. The maximum atomic E-state index is 6.74. The van der Waals surface area contributed by atoms with Crippen LogP contribution in [0.25, 0.3) is 0 Å². The smallest absolute Gasteiger partial charge is 0.141 e. The van der Waals surface area contributed by atoms with Crippen molar-refractivity contribution in [2.24, 2.45) is 0 Å². The highest BCUT2D eigenvalue weighted by Gasteiger charge is 2.58. The first-order valence-corrected chi connectivity index (χ1v) is 16.4. The van der Waals surface area contributed by atoms with Crippen molar-refractivity contribution in [1.29, 1.82) is 0 Å². The second-order valence-electron chi connectivity index (χ2n) is 9.81. The molecule has 1 spiro atoms. The Bertz CT molecular complexity index is 761. The topological polar surface area (TPSA) is 9.23 Å². The molecule has 3 heteroatoms. The first kappa shape index (κ1) is 16.4. The third-order valence-corrected chi connectivity index (χ3v) is 10.5. The summed E-state index contributed by atoms with van der Waals surface area (Å²) in [5.41, 5.74) is 2.99. The maximum absolute atomic E-state index is 6.74. The summed E-state index contributed by atoms with van der Waals surface area (Å²) in [7, 11) is -2.85. The zero-order valence-electron chi connectivity index (χ0n) is 16.0. The lowest BCUT2D eigenvalue weighted by Gasteiger charge is -2.44. The van der Waals surface area contributed by atoms with Crippen molar-refractivity contribution in [2.75, 3.05) is 0 Å². The molecule has 0 radical (unpaired) electrons. The van der Waals surface area contributed by atoms with Crippen LogP contribution in [0, 0.1) is 0 Å². The van der Waals surface area contributed by atoms with Crippen molar-refractivity contribution in [3.8, 4) is 5.75 Å². The molecule has 2 aliphatic carbocycles. The fraction of sp³-hybridized carbons (Fsp3) is 0.524. The third-order valence-electron chi connectivity index (χ3n) is 6.04. The van der Waals surface area contributed by atoms with Crippen LogP contribution in [-0.4, -0.2) is 21.7 Å². The van der Waals surface area contributed by atoms with Crippen molar-refractivity contribution in [3.05, 3.63) is 51.9 Å². The molecule has 1 nitrogen and oxygen atoms in total. The van der Waals surface area contributed by atoms with Crippen LogP contribution in [0.15, 0.2) is 46.3 Å². The van der Waals surface area contributed by atoms with Crippen LogP contribution in [0.4, 0.5) is 0 Å². The van der Waals surface area contributed by atoms with Crippen molar-refractivity contribution in [1.82, 2.24) is 0 Å². The lowest BCUT2D eigenvalue weighted by Crippen LogP contribution is -2.47. The highest BCUT2D eigenvalue weighted by Crippen LogP contribution is 2.61. The van der Waals surface area contributed by atoms with Gasteiger partial charge in [-0.15, -0.1) is 0 Å². The first-order valence-electron chi connectivity index (χ1n) is 9.39. The molecule has 1 fully saturated rings. The molecule has 3 aliphatic rings. The van der Waals surface area contributed by atoms with Crippen LogP contribution in [0.2, 0.25) is 39.3 Å². The number of rotatable bonds is 2. The fourth-order valence-corrected chi connectivity index (χ4v) is 11.1. The molecule has 1 heterocycles. The number of fused-ring (bicyclic) bond motifs is 2. The highest BCUT2D eigenvalue weighted by atomic mass is 28.3. The molecule has 0 unspecified atom stereocenters. The second kappa shape index (κ2) is 4.98. The molecule has 1 aromatic rings. The Hall–Kier alpha value is -1.07. The summed E-state index contributed by atoms with van der Waals surface area (Å²) in [5.74, 6) is 1.62. The van der Waals surface area contributed by atoms with E-state index < -0.39 is 16.1 Å². The molecule has 128 valence electrons. The average Bonchev–Trinajstić information content (AvgIpc) is 3.01. The average molecular weight is 355 g/mol. The van der Waals surface area contributed by atoms with E-state index in [0.29, 0.717) is 5.92 Å². The van der Waals surface area contributed by atoms with E-state index in [-0.39, 0.29) is 5.60 Å². The minimum atomic E-state index is -1.46. The number of ether oxygens (including phenoxy) is 1. The summed E-state index contributed by atoms with van der Waals surface area (Å²) in [6.45, 7) is 15.1. The zero-order valence-corrected chi connectivity index (χ0v) is 18.0. The molecule has 4 rings (SSSR count). The molecule has 1 aromatic carbocycles. The molecule has 0 amide bonds. The Morgan fingerprint density at radius 2 is 1.71 bits per heavy atom. The summed E-state index contributed by atoms with van der Waals surface area (Å²) in [4.78, 5) is 0. The van der Waals surface area contributed by atoms with Gasteiger partial charge in [0.15, 0.2) is 0 Å². The number of hydrogen-bond acceptors (Lipinski definition) is 1. The Labute approximate surface area is 148 Å². The van der Waals surface area contributed by atoms with Gasteiger partial charge in [0.25, 0.3) is 0 Å². The quantitative estimate of drug-likeness (QED) is 0.585. The third kappa shape index (κ3) is 2.17. The Morgan fingerprint density at radius 1 is 1.00 bits per heavy atom. The lowest BCUT2D eigenvalue weighted by atomic mass is 9.77. The zero-order chi connectivity index (χ0) is 17.3. The summed E-state index contributed by atoms with van der Waals surface area (Å²) in [6.07, 6.45) is 6.28. The van der Waals surface area contributed by atoms with E-state index in [1.54, 1.807) is 16.0 Å². The summed E-state index contributed by atoms with van der Waals surface area (Å²) >= 11 is 0. The van der Waals surface area contributed by atoms with Gasteiger partial charge >= 0.3 is 0 Å². The molecule has 0 bridgehead atoms. The van der Waals surface area contributed by atoms with Crippen LogP contribution in [-0.2, 0) is 0 Å². The molecule has 1 aliphatic heterocycles. The van der Waals surface area contributed by atoms with E-state index >= 15 is 0 Å². The van der Waals surface area contributed by atoms with Gasteiger partial charge in [0.1, 0.15) is 11.4 Å². The van der Waals surface area contributed by atoms with Gasteiger partial charge in [-0.1, -0.05) is 73.9 Å². The highest BCUT2D eigenvalue weighted by molar-refractivity contribution is 6.90. The van der Waals surface area contributed by atoms with E-state index in [9.17, 15) is 0 Å². The van der Waals surface area contributed by atoms with Crippen LogP contribution < -0.4 is 4.74 Å². The summed E-state index contributed by atoms with van der Waals surface area (Å²) in [5, 5.41) is 3.52. The standard InChI is InChI=1S/C21H30OSi2/c1-23(2,3)18-14-15-10-9-13-21(15)19(20(18)24(4,5)6)16-11-7-8-12-17(16)22-21/h7-8,11-12,14,19H,9-10,13H2,1-6H3/t19-,21+/m0/s1. The Kier molecular flexibility index (Phi) is 3.40. The van der Waals surface area contributed by atoms with Crippen molar-refractivity contribution in [2.45, 2.75) is 70.1 Å². The Balaban J connectivity index is 2.05. The monoisotopic (exact) mass is 354 g/mol. The van der Waals surface area contributed by atoms with Gasteiger partial charge in [-0.25, -0.2) is 0 Å². The molecule has 24 heavy (non-hydrogen) atoms. The Morgan fingerprint density at radius 3 is 2.38 bits per heavy atom. The molecule has 2 atom stereocenters. The fourth-order valence-electron chi connectivity index (χ4n) is 5.13. The van der Waals surface area contributed by atoms with E-state index in [0.717, 1.165) is 5.75 Å². The van der Waals surface area contributed by atoms with Gasteiger partial charge in [-0.3, -0.25) is 0 Å². The van der Waals surface area contributed by atoms with Gasteiger partial charge in [-0.05, 0) is 30.9 Å². The van der Waals surface area contributed by atoms with Gasteiger partial charge in [0.2, 0.25) is 0 Å². The first-order chi connectivity index (χ1) is 11.1. The van der Waals surface area contributed by atoms with Crippen LogP contribution in [0.1, 0.15) is 30.7 Å². The largest absolute Gasteiger partial charge is 0.482 e. The number of benzene rings is 1. The van der Waals surface area contributed by atoms with E-state index in [4.69, 9.17) is 4.74 Å². The minimum Gasteiger partial charge on any atom is -0.482 e. The molecule has 0 N–H and O–H groups in total. The van der Waals surface area contributed by atoms with E-state index in [1.165, 1.54) is 24.8 Å². The molecule has 1 saturated carbocycles. The van der Waals surface area contributed by atoms with Crippen LogP contribution >= 0.6 is 0 Å². The summed E-state index contributed by atoms with van der Waals surface area (Å²) < 4.78 is 6.74. The van der Waals surface area contributed by atoms with Gasteiger partial charge in [0.05, 0.1) is 16.1 Å². The normalized spacial score (nSPS) is 28.9. The number of allylic oxidation sites excluding steroid dienone is 2. The minimum absolute atomic E-state index is 0.0531. The van der Waals surface area contributed by atoms with Gasteiger partial charge < -0.3 is 4.74 Å². The molecular weight excluding hydrogens is 324 g/mol. The van der Waals surface area contributed by atoms with Gasteiger partial charge in [0, 0.05) is 11.5 Å². The molecule has 0 saturated heterocycles. The van der Waals surface area contributed by atoms with Crippen molar-refractivity contribution < 1.29 is 4.74 Å². The lowest BCUT2D eigenvalue weighted by molar-refractivity contribution is 0.125. The van der Waals surface area contributed by atoms with E-state index in [2.05, 4.69) is 69.6 Å². The van der Waals surface area contributed by atoms with Gasteiger partial charge in [-0.2, -0.15) is 0 Å². The number of hydrogen-bond donors (Lipinski definition) is 0. The second-order valence-corrected chi connectivity index (χ2v) is 19.9. The van der Waals surface area contributed by atoms with Crippen molar-refractivity contribution in [3.63, 3.8) is 0 Å². The van der Waals surface area contributed by atoms with E-state index in [1.807, 2.05) is 0 Å². The molecule has 0 aromatic heterocycles. The SMILES string of the molecule is C[Si](C)(C)C1=C([Si](C)(C)C)[C@@H]2c3ccccc3O[C@@]23CCCC3=C1.